The third kappa shape index (κ3) is 3.92. The van der Waals surface area contributed by atoms with Crippen LogP contribution >= 0.6 is 11.5 Å². The Kier molecular flexibility index (Phi) is 4.89. The Morgan fingerprint density at radius 3 is 2.75 bits per heavy atom. The number of aromatic nitrogens is 2. The zero-order valence-corrected chi connectivity index (χ0v) is 13.3. The van der Waals surface area contributed by atoms with Crippen molar-refractivity contribution in [3.63, 3.8) is 0 Å². The molecule has 0 atom stereocenters. The normalized spacial score (nSPS) is 20.5. The fourth-order valence-corrected chi connectivity index (χ4v) is 3.71. The molecule has 2 aliphatic carbocycles. The van der Waals surface area contributed by atoms with Crippen molar-refractivity contribution in [2.24, 2.45) is 0 Å². The van der Waals surface area contributed by atoms with Crippen LogP contribution in [0.4, 0.5) is 5.13 Å². The maximum atomic E-state index is 4.56. The zero-order chi connectivity index (χ0) is 13.8. The summed E-state index contributed by atoms with van der Waals surface area (Å²) in [5.41, 5.74) is 0. The maximum Gasteiger partial charge on any atom is 0.202 e. The lowest BCUT2D eigenvalue weighted by Crippen LogP contribution is -2.34. The van der Waals surface area contributed by atoms with Crippen LogP contribution in [0.1, 0.15) is 63.1 Å². The highest BCUT2D eigenvalue weighted by molar-refractivity contribution is 7.09. The van der Waals surface area contributed by atoms with Crippen LogP contribution in [-0.2, 0) is 0 Å². The third-order valence-corrected chi connectivity index (χ3v) is 5.23. The second-order valence-electron chi connectivity index (χ2n) is 6.28. The Morgan fingerprint density at radius 2 is 2.00 bits per heavy atom. The van der Waals surface area contributed by atoms with Crippen molar-refractivity contribution >= 4 is 16.7 Å². The molecule has 3 rings (SSSR count). The van der Waals surface area contributed by atoms with Gasteiger partial charge in [-0.25, -0.2) is 4.98 Å². The highest BCUT2D eigenvalue weighted by Gasteiger charge is 2.27. The lowest BCUT2D eigenvalue weighted by Gasteiger charge is -2.31. The summed E-state index contributed by atoms with van der Waals surface area (Å²) >= 11 is 1.52. The molecule has 2 saturated carbocycles. The monoisotopic (exact) mass is 294 g/mol. The van der Waals surface area contributed by atoms with Crippen LogP contribution in [-0.4, -0.2) is 40.4 Å². The quantitative estimate of drug-likeness (QED) is 0.782. The molecule has 0 radical (unpaired) electrons. The minimum atomic E-state index is 0.666. The Labute approximate surface area is 126 Å². The Hall–Kier alpha value is -0.680. The fraction of sp³-hybridized carbons (Fsp3) is 0.867. The number of hydrogen-bond donors (Lipinski definition) is 1. The summed E-state index contributed by atoms with van der Waals surface area (Å²) in [4.78, 5) is 7.11. The van der Waals surface area contributed by atoms with Crippen molar-refractivity contribution in [1.82, 2.24) is 14.3 Å². The first-order valence-electron chi connectivity index (χ1n) is 8.10. The summed E-state index contributed by atoms with van der Waals surface area (Å²) in [6.45, 7) is 2.20. The molecule has 0 saturated heterocycles. The molecule has 0 amide bonds. The van der Waals surface area contributed by atoms with Gasteiger partial charge in [-0.15, -0.1) is 0 Å². The minimum Gasteiger partial charge on any atom is -0.360 e. The molecule has 112 valence electrons. The van der Waals surface area contributed by atoms with Crippen molar-refractivity contribution in [3.05, 3.63) is 5.82 Å². The predicted octanol–water partition coefficient (Wildman–Crippen LogP) is 3.48. The molecule has 1 aromatic heterocycles. The van der Waals surface area contributed by atoms with Crippen LogP contribution in [0, 0.1) is 0 Å². The number of rotatable bonds is 7. The van der Waals surface area contributed by atoms with Crippen LogP contribution < -0.4 is 5.32 Å². The smallest absolute Gasteiger partial charge is 0.202 e. The van der Waals surface area contributed by atoms with Gasteiger partial charge in [-0.2, -0.15) is 4.37 Å². The molecule has 5 heteroatoms. The molecule has 0 unspecified atom stereocenters. The molecule has 2 aliphatic rings. The Balaban J connectivity index is 1.32. The van der Waals surface area contributed by atoms with Crippen LogP contribution in [0.15, 0.2) is 0 Å². The number of nitrogens with one attached hydrogen (secondary N) is 1. The first-order chi connectivity index (χ1) is 9.83. The van der Waals surface area contributed by atoms with Gasteiger partial charge in [-0.05, 0) is 45.7 Å². The van der Waals surface area contributed by atoms with Gasteiger partial charge in [0.1, 0.15) is 5.82 Å². The molecule has 0 aromatic carbocycles. The molecule has 1 heterocycles. The molecule has 0 aliphatic heterocycles. The zero-order valence-electron chi connectivity index (χ0n) is 12.5. The Morgan fingerprint density at radius 1 is 1.20 bits per heavy atom. The fourth-order valence-electron chi connectivity index (χ4n) is 3.04. The first kappa shape index (κ1) is 14.3. The van der Waals surface area contributed by atoms with Crippen molar-refractivity contribution in [2.45, 2.75) is 63.3 Å². The molecular formula is C15H26N4S. The first-order valence-corrected chi connectivity index (χ1v) is 8.88. The second-order valence-corrected chi connectivity index (χ2v) is 7.04. The van der Waals surface area contributed by atoms with Crippen molar-refractivity contribution < 1.29 is 0 Å². The van der Waals surface area contributed by atoms with E-state index in [9.17, 15) is 0 Å². The van der Waals surface area contributed by atoms with Gasteiger partial charge in [0.25, 0.3) is 0 Å². The van der Waals surface area contributed by atoms with Crippen LogP contribution in [0.5, 0.6) is 0 Å². The summed E-state index contributed by atoms with van der Waals surface area (Å²) in [5.74, 6) is 1.73. The SMILES string of the molecule is CN(CCCNc1nc(C2CC2)ns1)C1CCCCC1. The molecule has 1 N–H and O–H groups in total. The largest absolute Gasteiger partial charge is 0.360 e. The van der Waals surface area contributed by atoms with Gasteiger partial charge in [0.15, 0.2) is 0 Å². The molecular weight excluding hydrogens is 268 g/mol. The summed E-state index contributed by atoms with van der Waals surface area (Å²) in [6.07, 6.45) is 10.8. The van der Waals surface area contributed by atoms with E-state index in [0.717, 1.165) is 23.5 Å². The average Bonchev–Trinajstić information content (AvgIpc) is 3.24. The molecule has 20 heavy (non-hydrogen) atoms. The van der Waals surface area contributed by atoms with Gasteiger partial charge >= 0.3 is 0 Å². The van der Waals surface area contributed by atoms with Crippen molar-refractivity contribution in [1.29, 1.82) is 0 Å². The van der Waals surface area contributed by atoms with E-state index in [0.29, 0.717) is 5.92 Å². The van der Waals surface area contributed by atoms with E-state index in [-0.39, 0.29) is 0 Å². The van der Waals surface area contributed by atoms with Crippen LogP contribution in [0.2, 0.25) is 0 Å². The lowest BCUT2D eigenvalue weighted by molar-refractivity contribution is 0.191. The van der Waals surface area contributed by atoms with Crippen LogP contribution in [0.3, 0.4) is 0 Å². The molecule has 4 nitrogen and oxygen atoms in total. The van der Waals surface area contributed by atoms with E-state index in [1.807, 2.05) is 0 Å². The maximum absolute atomic E-state index is 4.56. The number of anilines is 1. The van der Waals surface area contributed by atoms with E-state index in [1.54, 1.807) is 0 Å². The highest BCUT2D eigenvalue weighted by atomic mass is 32.1. The standard InChI is InChI=1S/C15H26N4S/c1-19(13-6-3-2-4-7-13)11-5-10-16-15-17-14(18-20-15)12-8-9-12/h12-13H,2-11H2,1H3,(H,16,17,18). The van der Waals surface area contributed by atoms with E-state index < -0.39 is 0 Å². The van der Waals surface area contributed by atoms with Gasteiger partial charge in [0.2, 0.25) is 5.13 Å². The highest BCUT2D eigenvalue weighted by Crippen LogP contribution is 2.39. The Bertz CT molecular complexity index is 410. The topological polar surface area (TPSA) is 41.0 Å². The summed E-state index contributed by atoms with van der Waals surface area (Å²) in [5, 5.41) is 4.43. The summed E-state index contributed by atoms with van der Waals surface area (Å²) in [7, 11) is 2.28. The van der Waals surface area contributed by atoms with E-state index in [4.69, 9.17) is 0 Å². The van der Waals surface area contributed by atoms with Gasteiger partial charge < -0.3 is 10.2 Å². The molecule has 2 fully saturated rings. The summed E-state index contributed by atoms with van der Waals surface area (Å²) in [6, 6.07) is 0.826. The van der Waals surface area contributed by atoms with Crippen molar-refractivity contribution in [3.8, 4) is 0 Å². The van der Waals surface area contributed by atoms with Crippen LogP contribution in [0.25, 0.3) is 0 Å². The molecule has 1 aromatic rings. The van der Waals surface area contributed by atoms with Gasteiger partial charge in [-0.3, -0.25) is 0 Å². The summed E-state index contributed by atoms with van der Waals surface area (Å²) < 4.78 is 4.42. The van der Waals surface area contributed by atoms with Gasteiger partial charge in [-0.1, -0.05) is 19.3 Å². The van der Waals surface area contributed by atoms with E-state index in [1.165, 1.54) is 69.4 Å². The van der Waals surface area contributed by atoms with E-state index in [2.05, 4.69) is 26.6 Å². The van der Waals surface area contributed by atoms with E-state index >= 15 is 0 Å². The lowest BCUT2D eigenvalue weighted by atomic mass is 9.94. The predicted molar refractivity (Wildman–Crippen MR) is 84.5 cm³/mol. The van der Waals surface area contributed by atoms with Gasteiger partial charge in [0.05, 0.1) is 0 Å². The molecule has 0 spiro atoms. The van der Waals surface area contributed by atoms with Crippen molar-refractivity contribution in [2.75, 3.05) is 25.5 Å². The second kappa shape index (κ2) is 6.85. The number of hydrogen-bond acceptors (Lipinski definition) is 5. The third-order valence-electron chi connectivity index (χ3n) is 4.55. The minimum absolute atomic E-state index is 0.666. The van der Waals surface area contributed by atoms with Gasteiger partial charge in [0, 0.05) is 30.0 Å². The average molecular weight is 294 g/mol. The molecule has 0 bridgehead atoms. The number of nitrogens with zero attached hydrogens (tertiary/aromatic N) is 3.